The van der Waals surface area contributed by atoms with E-state index in [0.717, 1.165) is 16.8 Å². The SMILES string of the molecule is CC.CCc1ccc([Si]2(O[Si](C)(C)C)OC(C)C(C3O[Si]4(c5ccccc5)OC(C(C)O[Si](C)(C)C)C3O4)O2)cc1.O=[Si]=O. The van der Waals surface area contributed by atoms with Gasteiger partial charge in [0.15, 0.2) is 16.6 Å². The molecule has 14 heteroatoms. The molecule has 9 nitrogen and oxygen atoms in total. The van der Waals surface area contributed by atoms with E-state index in [2.05, 4.69) is 84.3 Å². The highest BCUT2D eigenvalue weighted by molar-refractivity contribution is 6.86. The van der Waals surface area contributed by atoms with Crippen LogP contribution in [0, 0.1) is 0 Å². The number of hydrogen-bond donors (Lipinski definition) is 0. The van der Waals surface area contributed by atoms with E-state index in [4.69, 9.17) is 39.6 Å². The molecule has 2 bridgehead atoms. The van der Waals surface area contributed by atoms with Crippen LogP contribution in [0.3, 0.4) is 0 Å². The van der Waals surface area contributed by atoms with Crippen molar-refractivity contribution < 1.29 is 39.6 Å². The third-order valence-electron chi connectivity index (χ3n) is 7.23. The van der Waals surface area contributed by atoms with Crippen molar-refractivity contribution in [2.45, 2.75) is 117 Å². The maximum atomic E-state index is 8.40. The molecule has 2 aromatic rings. The molecule has 3 heterocycles. The lowest BCUT2D eigenvalue weighted by Crippen LogP contribution is -2.61. The van der Waals surface area contributed by atoms with E-state index in [0.29, 0.717) is 0 Å². The van der Waals surface area contributed by atoms with Crippen molar-refractivity contribution in [2.75, 3.05) is 0 Å². The first-order chi connectivity index (χ1) is 20.7. The summed E-state index contributed by atoms with van der Waals surface area (Å²) in [7, 11) is -11.6. The van der Waals surface area contributed by atoms with Gasteiger partial charge in [0.05, 0.1) is 12.2 Å². The van der Waals surface area contributed by atoms with Gasteiger partial charge < -0.3 is 30.7 Å². The van der Waals surface area contributed by atoms with Crippen LogP contribution in [-0.2, 0) is 46.0 Å². The van der Waals surface area contributed by atoms with Crippen LogP contribution in [0.15, 0.2) is 54.6 Å². The van der Waals surface area contributed by atoms with Gasteiger partial charge in [0.2, 0.25) is 0 Å². The second kappa shape index (κ2) is 15.2. The Kier molecular flexibility index (Phi) is 12.9. The Bertz CT molecular complexity index is 1230. The fourth-order valence-corrected chi connectivity index (χ4v) is 16.4. The smallest absolute Gasteiger partial charge is 0.413 e. The second-order valence-corrected chi connectivity index (χ2v) is 27.1. The molecule has 5 rings (SSSR count). The Morgan fingerprint density at radius 3 is 1.86 bits per heavy atom. The van der Waals surface area contributed by atoms with Crippen molar-refractivity contribution in [2.24, 2.45) is 0 Å². The average molecular weight is 695 g/mol. The lowest BCUT2D eigenvalue weighted by Gasteiger charge is -2.38. The van der Waals surface area contributed by atoms with Crippen LogP contribution in [0.25, 0.3) is 0 Å². The molecule has 0 N–H and O–H groups in total. The van der Waals surface area contributed by atoms with E-state index >= 15 is 0 Å². The number of benzene rings is 2. The molecule has 0 spiro atoms. The Morgan fingerprint density at radius 1 is 0.773 bits per heavy atom. The van der Waals surface area contributed by atoms with Crippen molar-refractivity contribution in [1.82, 2.24) is 0 Å². The van der Waals surface area contributed by atoms with Crippen molar-refractivity contribution in [3.05, 3.63) is 60.2 Å². The summed E-state index contributed by atoms with van der Waals surface area (Å²) >= 11 is 0. The van der Waals surface area contributed by atoms with Crippen molar-refractivity contribution in [1.29, 1.82) is 0 Å². The number of hydrogen-bond acceptors (Lipinski definition) is 9. The second-order valence-electron chi connectivity index (χ2n) is 12.9. The highest BCUT2D eigenvalue weighted by Crippen LogP contribution is 2.44. The fraction of sp³-hybridized carbons (Fsp3) is 0.600. The molecule has 3 aliphatic heterocycles. The van der Waals surface area contributed by atoms with Crippen LogP contribution < -0.4 is 10.4 Å². The van der Waals surface area contributed by atoms with E-state index in [1.54, 1.807) is 0 Å². The first kappa shape index (κ1) is 37.3. The maximum Gasteiger partial charge on any atom is 0.549 e. The van der Waals surface area contributed by atoms with Crippen LogP contribution in [0.4, 0.5) is 0 Å². The number of fused-ring (bicyclic) bond motifs is 2. The predicted molar refractivity (Wildman–Crippen MR) is 180 cm³/mol. The molecule has 0 saturated carbocycles. The van der Waals surface area contributed by atoms with Crippen molar-refractivity contribution >= 4 is 53.9 Å². The summed E-state index contributed by atoms with van der Waals surface area (Å²) in [5, 5.41) is 1.96. The predicted octanol–water partition coefficient (Wildman–Crippen LogP) is 4.73. The van der Waals surface area contributed by atoms with Gasteiger partial charge in [-0.3, -0.25) is 8.92 Å². The number of aryl methyl sites for hydroxylation is 1. The quantitative estimate of drug-likeness (QED) is 0.345. The monoisotopic (exact) mass is 694 g/mol. The van der Waals surface area contributed by atoms with Crippen molar-refractivity contribution in [3.8, 4) is 0 Å². The Hall–Kier alpha value is -1.16. The number of rotatable bonds is 9. The molecule has 3 saturated heterocycles. The van der Waals surface area contributed by atoms with Crippen molar-refractivity contribution in [3.63, 3.8) is 0 Å². The van der Waals surface area contributed by atoms with Crippen LogP contribution in [0.5, 0.6) is 0 Å². The molecular weight excluding hydrogens is 645 g/mol. The molecule has 244 valence electrons. The summed E-state index contributed by atoms with van der Waals surface area (Å²) in [5.74, 6) is 0. The highest BCUT2D eigenvalue weighted by atomic mass is 28.5. The first-order valence-electron chi connectivity index (χ1n) is 15.6. The van der Waals surface area contributed by atoms with Gasteiger partial charge in [0.25, 0.3) is 0 Å². The Balaban J connectivity index is 0.000000997. The lowest BCUT2D eigenvalue weighted by molar-refractivity contribution is -0.0703. The molecule has 8 unspecified atom stereocenters. The molecule has 0 radical (unpaired) electrons. The summed E-state index contributed by atoms with van der Waals surface area (Å²) in [6.45, 7) is 23.5. The highest BCUT2D eigenvalue weighted by Gasteiger charge is 2.70. The van der Waals surface area contributed by atoms with Gasteiger partial charge in [-0.1, -0.05) is 75.4 Å². The standard InChI is InChI=1S/C28H44O7Si4.C2H6.O2Si/c1-10-22-16-18-24(19-17-22)39(35-37(7,8)9)30-21(3)26(32-39)28-27-25(20(2)29-36(4,5)6)31-38(33-27,34-28)23-14-12-11-13-15-23;1-2;1-3-2/h11-21,25-28H,10H2,1-9H3;1-2H3;. The zero-order valence-electron chi connectivity index (χ0n) is 28.0. The van der Waals surface area contributed by atoms with Gasteiger partial charge in [0, 0.05) is 10.4 Å². The minimum Gasteiger partial charge on any atom is -0.413 e. The van der Waals surface area contributed by atoms with Gasteiger partial charge in [-0.2, -0.15) is 0 Å². The molecule has 0 aromatic heterocycles. The normalized spacial score (nSPS) is 31.8. The molecular formula is C30H50O9Si5. The molecule has 3 fully saturated rings. The summed E-state index contributed by atoms with van der Waals surface area (Å²) in [6, 6.07) is 18.6. The topological polar surface area (TPSA) is 98.8 Å². The van der Waals surface area contributed by atoms with Gasteiger partial charge >= 0.3 is 26.9 Å². The minimum atomic E-state index is -3.22. The summed E-state index contributed by atoms with van der Waals surface area (Å²) in [6.07, 6.45) is -0.673. The average Bonchev–Trinajstić information content (AvgIpc) is 3.64. The van der Waals surface area contributed by atoms with E-state index < -0.39 is 43.5 Å². The molecule has 8 atom stereocenters. The van der Waals surface area contributed by atoms with E-state index in [-0.39, 0.29) is 36.6 Å². The van der Waals surface area contributed by atoms with Gasteiger partial charge in [0.1, 0.15) is 24.4 Å². The minimum absolute atomic E-state index is 0.134. The lowest BCUT2D eigenvalue weighted by atomic mass is 9.97. The Morgan fingerprint density at radius 2 is 1.34 bits per heavy atom. The molecule has 0 aliphatic carbocycles. The fourth-order valence-electron chi connectivity index (χ4n) is 5.70. The summed E-state index contributed by atoms with van der Waals surface area (Å²) in [5.41, 5.74) is 1.27. The first-order valence-corrected chi connectivity index (χ1v) is 26.7. The molecule has 3 aliphatic rings. The van der Waals surface area contributed by atoms with E-state index in [9.17, 15) is 0 Å². The maximum absolute atomic E-state index is 8.40. The molecule has 44 heavy (non-hydrogen) atoms. The van der Waals surface area contributed by atoms with Crippen LogP contribution in [-0.4, -0.2) is 80.2 Å². The Labute approximate surface area is 269 Å². The largest absolute Gasteiger partial charge is 0.549 e. The molecule has 2 aromatic carbocycles. The third-order valence-corrected chi connectivity index (χ3v) is 16.9. The molecule has 0 amide bonds. The van der Waals surface area contributed by atoms with Gasteiger partial charge in [-0.05, 0) is 65.1 Å². The summed E-state index contributed by atoms with van der Waals surface area (Å²) < 4.78 is 64.2. The van der Waals surface area contributed by atoms with Gasteiger partial charge in [-0.15, -0.1) is 0 Å². The van der Waals surface area contributed by atoms with Crippen LogP contribution in [0.1, 0.15) is 40.2 Å². The van der Waals surface area contributed by atoms with E-state index in [1.807, 2.05) is 44.2 Å². The van der Waals surface area contributed by atoms with Crippen LogP contribution >= 0.6 is 0 Å². The van der Waals surface area contributed by atoms with Crippen LogP contribution in [0.2, 0.25) is 39.3 Å². The zero-order chi connectivity index (χ0) is 32.9. The zero-order valence-corrected chi connectivity index (χ0v) is 33.0. The van der Waals surface area contributed by atoms with Gasteiger partial charge in [-0.25, -0.2) is 0 Å². The van der Waals surface area contributed by atoms with E-state index in [1.165, 1.54) is 5.56 Å². The third kappa shape index (κ3) is 8.60. The summed E-state index contributed by atoms with van der Waals surface area (Å²) in [4.78, 5) is 0.